The Bertz CT molecular complexity index is 737. The number of nitrogens with zero attached hydrogens (tertiary/aromatic N) is 5. The largest absolute Gasteiger partial charge is 0.369 e. The SMILES string of the molecule is CC(CN1CCN(c2ccccc2)CC1)Nc1nc(C#N)ncc1Cl. The summed E-state index contributed by atoms with van der Waals surface area (Å²) in [5.41, 5.74) is 1.28. The average Bonchev–Trinajstić information content (AvgIpc) is 2.65. The van der Waals surface area contributed by atoms with E-state index in [-0.39, 0.29) is 11.9 Å². The zero-order valence-electron chi connectivity index (χ0n) is 14.2. The Morgan fingerprint density at radius 3 is 2.64 bits per heavy atom. The minimum absolute atomic E-state index is 0.121. The standard InChI is InChI=1S/C18H21ClN6/c1-14(22-18-16(19)12-21-17(11-20)23-18)13-24-7-9-25(10-8-24)15-5-3-2-4-6-15/h2-6,12,14H,7-10,13H2,1H3,(H,21,22,23). The molecule has 2 heterocycles. The summed E-state index contributed by atoms with van der Waals surface area (Å²) in [6.07, 6.45) is 1.46. The van der Waals surface area contributed by atoms with Crippen LogP contribution in [0, 0.1) is 11.3 Å². The van der Waals surface area contributed by atoms with E-state index in [9.17, 15) is 0 Å². The van der Waals surface area contributed by atoms with Crippen molar-refractivity contribution in [2.45, 2.75) is 13.0 Å². The van der Waals surface area contributed by atoms with Crippen LogP contribution >= 0.6 is 11.6 Å². The average molecular weight is 357 g/mol. The normalized spacial score (nSPS) is 16.3. The molecule has 1 atom stereocenters. The molecule has 0 aliphatic carbocycles. The lowest BCUT2D eigenvalue weighted by molar-refractivity contribution is 0.251. The van der Waals surface area contributed by atoms with E-state index >= 15 is 0 Å². The summed E-state index contributed by atoms with van der Waals surface area (Å²) in [5, 5.41) is 12.6. The summed E-state index contributed by atoms with van der Waals surface area (Å²) in [4.78, 5) is 12.8. The Morgan fingerprint density at radius 1 is 1.24 bits per heavy atom. The second-order valence-corrected chi connectivity index (χ2v) is 6.58. The summed E-state index contributed by atoms with van der Waals surface area (Å²) in [5.74, 6) is 0.638. The first-order valence-corrected chi connectivity index (χ1v) is 8.75. The number of anilines is 2. The summed E-state index contributed by atoms with van der Waals surface area (Å²) in [6, 6.07) is 12.6. The Balaban J connectivity index is 1.51. The van der Waals surface area contributed by atoms with Crippen LogP contribution in [0.1, 0.15) is 12.7 Å². The van der Waals surface area contributed by atoms with Gasteiger partial charge in [0.25, 0.3) is 0 Å². The van der Waals surface area contributed by atoms with Crippen molar-refractivity contribution in [3.63, 3.8) is 0 Å². The van der Waals surface area contributed by atoms with Gasteiger partial charge in [0, 0.05) is 44.5 Å². The van der Waals surface area contributed by atoms with Crippen LogP contribution in [0.2, 0.25) is 5.02 Å². The molecule has 3 rings (SSSR count). The van der Waals surface area contributed by atoms with Crippen molar-refractivity contribution in [1.29, 1.82) is 5.26 Å². The molecular weight excluding hydrogens is 336 g/mol. The maximum absolute atomic E-state index is 8.91. The summed E-state index contributed by atoms with van der Waals surface area (Å²) in [7, 11) is 0. The Hall–Kier alpha value is -2.36. The van der Waals surface area contributed by atoms with E-state index < -0.39 is 0 Å². The van der Waals surface area contributed by atoms with Gasteiger partial charge in [-0.15, -0.1) is 0 Å². The van der Waals surface area contributed by atoms with E-state index in [4.69, 9.17) is 16.9 Å². The molecule has 130 valence electrons. The molecule has 25 heavy (non-hydrogen) atoms. The van der Waals surface area contributed by atoms with Crippen molar-refractivity contribution in [2.24, 2.45) is 0 Å². The molecule has 1 N–H and O–H groups in total. The number of hydrogen-bond acceptors (Lipinski definition) is 6. The van der Waals surface area contributed by atoms with Crippen LogP contribution in [0.4, 0.5) is 11.5 Å². The number of halogens is 1. The zero-order chi connectivity index (χ0) is 17.6. The second-order valence-electron chi connectivity index (χ2n) is 6.17. The molecule has 7 heteroatoms. The van der Waals surface area contributed by atoms with Gasteiger partial charge in [0.15, 0.2) is 0 Å². The molecule has 1 aromatic carbocycles. The second kappa shape index (κ2) is 8.15. The predicted molar refractivity (Wildman–Crippen MR) is 99.9 cm³/mol. The monoisotopic (exact) mass is 356 g/mol. The molecule has 1 aromatic heterocycles. The minimum Gasteiger partial charge on any atom is -0.369 e. The van der Waals surface area contributed by atoms with E-state index in [0.29, 0.717) is 10.8 Å². The van der Waals surface area contributed by atoms with E-state index in [0.717, 1.165) is 32.7 Å². The van der Waals surface area contributed by atoms with Gasteiger partial charge < -0.3 is 10.2 Å². The van der Waals surface area contributed by atoms with Gasteiger partial charge >= 0.3 is 0 Å². The van der Waals surface area contributed by atoms with Crippen molar-refractivity contribution in [3.05, 3.63) is 47.4 Å². The molecule has 1 saturated heterocycles. The van der Waals surface area contributed by atoms with E-state index in [1.54, 1.807) is 0 Å². The smallest absolute Gasteiger partial charge is 0.234 e. The van der Waals surface area contributed by atoms with Gasteiger partial charge in [0.2, 0.25) is 5.82 Å². The minimum atomic E-state index is 0.121. The molecule has 0 bridgehead atoms. The van der Waals surface area contributed by atoms with Gasteiger partial charge in [-0.2, -0.15) is 5.26 Å². The third-order valence-corrected chi connectivity index (χ3v) is 4.53. The molecule has 0 spiro atoms. The predicted octanol–water partition coefficient (Wildman–Crippen LogP) is 2.62. The zero-order valence-corrected chi connectivity index (χ0v) is 14.9. The lowest BCUT2D eigenvalue weighted by atomic mass is 10.2. The van der Waals surface area contributed by atoms with Crippen LogP contribution in [-0.4, -0.2) is 53.6 Å². The van der Waals surface area contributed by atoms with Crippen LogP contribution in [0.15, 0.2) is 36.5 Å². The third kappa shape index (κ3) is 4.59. The number of nitrogens with one attached hydrogen (secondary N) is 1. The third-order valence-electron chi connectivity index (χ3n) is 4.25. The van der Waals surface area contributed by atoms with Crippen LogP contribution in [0.25, 0.3) is 0 Å². The van der Waals surface area contributed by atoms with E-state index in [2.05, 4.69) is 56.3 Å². The fraction of sp³-hybridized carbons (Fsp3) is 0.389. The van der Waals surface area contributed by atoms with E-state index in [1.807, 2.05) is 12.1 Å². The molecule has 1 fully saturated rings. The molecule has 0 saturated carbocycles. The number of para-hydroxylation sites is 1. The highest BCUT2D eigenvalue weighted by Gasteiger charge is 2.19. The number of benzene rings is 1. The number of aromatic nitrogens is 2. The molecule has 6 nitrogen and oxygen atoms in total. The van der Waals surface area contributed by atoms with Gasteiger partial charge in [0.05, 0.1) is 6.20 Å². The highest BCUT2D eigenvalue weighted by atomic mass is 35.5. The number of piperazine rings is 1. The van der Waals surface area contributed by atoms with Gasteiger partial charge in [-0.25, -0.2) is 9.97 Å². The molecule has 2 aromatic rings. The van der Waals surface area contributed by atoms with Crippen molar-refractivity contribution in [3.8, 4) is 6.07 Å². The first kappa shape index (κ1) is 17.5. The Labute approximate surface area is 153 Å². The summed E-state index contributed by atoms with van der Waals surface area (Å²) in [6.45, 7) is 7.05. The van der Waals surface area contributed by atoms with Gasteiger partial charge in [0.1, 0.15) is 16.9 Å². The van der Waals surface area contributed by atoms with Crippen LogP contribution in [0.3, 0.4) is 0 Å². The first-order valence-electron chi connectivity index (χ1n) is 8.37. The van der Waals surface area contributed by atoms with Crippen molar-refractivity contribution in [2.75, 3.05) is 42.9 Å². The maximum atomic E-state index is 8.91. The topological polar surface area (TPSA) is 68.1 Å². The first-order chi connectivity index (χ1) is 12.2. The van der Waals surface area contributed by atoms with Crippen molar-refractivity contribution < 1.29 is 0 Å². The lowest BCUT2D eigenvalue weighted by Gasteiger charge is -2.37. The Morgan fingerprint density at radius 2 is 1.96 bits per heavy atom. The Kier molecular flexibility index (Phi) is 5.69. The highest BCUT2D eigenvalue weighted by molar-refractivity contribution is 6.32. The maximum Gasteiger partial charge on any atom is 0.234 e. The quantitative estimate of drug-likeness (QED) is 0.888. The summed E-state index contributed by atoms with van der Waals surface area (Å²) >= 11 is 6.11. The molecular formula is C18H21ClN6. The summed E-state index contributed by atoms with van der Waals surface area (Å²) < 4.78 is 0. The highest BCUT2D eigenvalue weighted by Crippen LogP contribution is 2.19. The van der Waals surface area contributed by atoms with Gasteiger partial charge in [-0.05, 0) is 19.1 Å². The van der Waals surface area contributed by atoms with Crippen molar-refractivity contribution >= 4 is 23.1 Å². The number of nitriles is 1. The molecule has 1 unspecified atom stereocenters. The molecule has 1 aliphatic rings. The number of rotatable bonds is 5. The van der Waals surface area contributed by atoms with Crippen LogP contribution < -0.4 is 10.2 Å². The van der Waals surface area contributed by atoms with Crippen molar-refractivity contribution in [1.82, 2.24) is 14.9 Å². The van der Waals surface area contributed by atoms with Gasteiger partial charge in [-0.3, -0.25) is 4.90 Å². The van der Waals surface area contributed by atoms with Crippen LogP contribution in [-0.2, 0) is 0 Å². The fourth-order valence-corrected chi connectivity index (χ4v) is 3.16. The molecule has 1 aliphatic heterocycles. The molecule has 0 amide bonds. The van der Waals surface area contributed by atoms with Crippen LogP contribution in [0.5, 0.6) is 0 Å². The molecule has 0 radical (unpaired) electrons. The van der Waals surface area contributed by atoms with Gasteiger partial charge in [-0.1, -0.05) is 29.8 Å². The van der Waals surface area contributed by atoms with E-state index in [1.165, 1.54) is 11.9 Å². The fourth-order valence-electron chi connectivity index (χ4n) is 3.02. The lowest BCUT2D eigenvalue weighted by Crippen LogP contribution is -2.49. The number of hydrogen-bond donors (Lipinski definition) is 1.